The molecule has 21 heavy (non-hydrogen) atoms. The van der Waals surface area contributed by atoms with Gasteiger partial charge in [0.25, 0.3) is 0 Å². The molecule has 1 aliphatic rings. The molecule has 0 aromatic heterocycles. The molecule has 1 aromatic carbocycles. The molecular weight excluding hydrogens is 262 g/mol. The molecule has 4 nitrogen and oxygen atoms in total. The fourth-order valence-corrected chi connectivity index (χ4v) is 3.10. The average Bonchev–Trinajstić information content (AvgIpc) is 2.65. The lowest BCUT2D eigenvalue weighted by molar-refractivity contribution is -0.137. The molecule has 2 atom stereocenters. The van der Waals surface area contributed by atoms with Gasteiger partial charge in [-0.1, -0.05) is 30.3 Å². The number of nitrogens with two attached hydrogens (primary N) is 1. The third-order valence-electron chi connectivity index (χ3n) is 4.29. The minimum absolute atomic E-state index is 0.113. The zero-order valence-corrected chi connectivity index (χ0v) is 13.2. The van der Waals surface area contributed by atoms with Crippen LogP contribution in [0.5, 0.6) is 0 Å². The van der Waals surface area contributed by atoms with E-state index in [4.69, 9.17) is 5.73 Å². The minimum Gasteiger partial charge on any atom is -0.338 e. The molecule has 4 heteroatoms. The van der Waals surface area contributed by atoms with Crippen LogP contribution in [0.3, 0.4) is 0 Å². The van der Waals surface area contributed by atoms with Crippen LogP contribution < -0.4 is 5.73 Å². The summed E-state index contributed by atoms with van der Waals surface area (Å²) in [5.74, 6) is 0.0995. The van der Waals surface area contributed by atoms with Crippen molar-refractivity contribution in [3.8, 4) is 0 Å². The van der Waals surface area contributed by atoms with Crippen LogP contribution >= 0.6 is 0 Å². The quantitative estimate of drug-likeness (QED) is 0.910. The Balaban J connectivity index is 2.05. The van der Waals surface area contributed by atoms with E-state index in [1.807, 2.05) is 23.1 Å². The van der Waals surface area contributed by atoms with Gasteiger partial charge in [-0.15, -0.1) is 0 Å². The second-order valence-corrected chi connectivity index (χ2v) is 6.12. The molecule has 1 aromatic rings. The van der Waals surface area contributed by atoms with Crippen LogP contribution in [0.1, 0.15) is 18.9 Å². The maximum atomic E-state index is 12.8. The van der Waals surface area contributed by atoms with E-state index >= 15 is 0 Å². The third kappa shape index (κ3) is 4.29. The first-order valence-corrected chi connectivity index (χ1v) is 7.85. The Labute approximate surface area is 127 Å². The van der Waals surface area contributed by atoms with Gasteiger partial charge in [0.2, 0.25) is 5.91 Å². The van der Waals surface area contributed by atoms with Crippen molar-refractivity contribution < 1.29 is 4.79 Å². The predicted molar refractivity (Wildman–Crippen MR) is 86.0 cm³/mol. The Morgan fingerprint density at radius 3 is 2.71 bits per heavy atom. The molecule has 0 radical (unpaired) electrons. The Bertz CT molecular complexity index is 449. The first-order chi connectivity index (χ1) is 10.1. The fourth-order valence-electron chi connectivity index (χ4n) is 3.10. The third-order valence-corrected chi connectivity index (χ3v) is 4.29. The molecule has 1 fully saturated rings. The van der Waals surface area contributed by atoms with Gasteiger partial charge in [0, 0.05) is 25.7 Å². The van der Waals surface area contributed by atoms with E-state index in [0.717, 1.165) is 32.5 Å². The van der Waals surface area contributed by atoms with Crippen LogP contribution in [0.2, 0.25) is 0 Å². The van der Waals surface area contributed by atoms with E-state index in [1.54, 1.807) is 0 Å². The Morgan fingerprint density at radius 1 is 1.33 bits per heavy atom. The molecule has 0 spiro atoms. The highest BCUT2D eigenvalue weighted by Gasteiger charge is 2.28. The van der Waals surface area contributed by atoms with E-state index in [1.165, 1.54) is 5.56 Å². The summed E-state index contributed by atoms with van der Waals surface area (Å²) in [4.78, 5) is 17.2. The molecule has 1 saturated heterocycles. The molecule has 0 aliphatic carbocycles. The van der Waals surface area contributed by atoms with Gasteiger partial charge in [0.15, 0.2) is 0 Å². The second kappa shape index (κ2) is 7.57. The van der Waals surface area contributed by atoms with Crippen LogP contribution in [0, 0.1) is 5.92 Å². The zero-order valence-electron chi connectivity index (χ0n) is 13.2. The number of rotatable bonds is 4. The van der Waals surface area contributed by atoms with Crippen molar-refractivity contribution in [1.82, 2.24) is 9.80 Å². The largest absolute Gasteiger partial charge is 0.338 e. The number of carbonyl (C=O) groups is 1. The number of hydrogen-bond donors (Lipinski definition) is 1. The normalized spacial score (nSPS) is 21.9. The molecule has 1 amide bonds. The number of carbonyl (C=O) groups excluding carboxylic acids is 1. The van der Waals surface area contributed by atoms with Crippen molar-refractivity contribution in [2.24, 2.45) is 11.7 Å². The van der Waals surface area contributed by atoms with Crippen molar-refractivity contribution in [2.45, 2.75) is 25.8 Å². The topological polar surface area (TPSA) is 49.6 Å². The average molecular weight is 289 g/mol. The number of nitrogens with zero attached hydrogens (tertiary/aromatic N) is 2. The van der Waals surface area contributed by atoms with E-state index in [2.05, 4.69) is 31.0 Å². The fraction of sp³-hybridized carbons (Fsp3) is 0.588. The molecule has 0 bridgehead atoms. The zero-order chi connectivity index (χ0) is 15.2. The van der Waals surface area contributed by atoms with E-state index in [0.29, 0.717) is 6.54 Å². The van der Waals surface area contributed by atoms with E-state index in [9.17, 15) is 4.79 Å². The van der Waals surface area contributed by atoms with Crippen LogP contribution in [0.25, 0.3) is 0 Å². The van der Waals surface area contributed by atoms with E-state index < -0.39 is 0 Å². The summed E-state index contributed by atoms with van der Waals surface area (Å²) < 4.78 is 0. The van der Waals surface area contributed by atoms with Gasteiger partial charge in [-0.05, 0) is 38.9 Å². The van der Waals surface area contributed by atoms with Gasteiger partial charge < -0.3 is 15.5 Å². The number of hydrogen-bond acceptors (Lipinski definition) is 3. The lowest BCUT2D eigenvalue weighted by atomic mass is 9.97. The molecule has 1 heterocycles. The standard InChI is InChI=1S/C17H27N3O/c1-14-13-19(2)9-6-10-20(14)17(21)16(12-18)11-15-7-4-3-5-8-15/h3-5,7-8,14,16H,6,9-13,18H2,1-2H3. The van der Waals surface area contributed by atoms with Crippen LogP contribution in [-0.4, -0.2) is 55.0 Å². The first kappa shape index (κ1) is 16.0. The molecule has 2 rings (SSSR count). The molecule has 0 saturated carbocycles. The lowest BCUT2D eigenvalue weighted by Crippen LogP contribution is -2.46. The van der Waals surface area contributed by atoms with Gasteiger partial charge in [0.1, 0.15) is 0 Å². The molecule has 116 valence electrons. The predicted octanol–water partition coefficient (Wildman–Crippen LogP) is 1.36. The second-order valence-electron chi connectivity index (χ2n) is 6.12. The van der Waals surface area contributed by atoms with Crippen LogP contribution in [-0.2, 0) is 11.2 Å². The Morgan fingerprint density at radius 2 is 2.05 bits per heavy atom. The van der Waals surface area contributed by atoms with Crippen molar-refractivity contribution in [1.29, 1.82) is 0 Å². The summed E-state index contributed by atoms with van der Waals surface area (Å²) in [6.07, 6.45) is 1.77. The van der Waals surface area contributed by atoms with Crippen molar-refractivity contribution in [2.75, 3.05) is 33.2 Å². The van der Waals surface area contributed by atoms with Gasteiger partial charge in [-0.2, -0.15) is 0 Å². The van der Waals surface area contributed by atoms with Crippen molar-refractivity contribution in [3.63, 3.8) is 0 Å². The highest BCUT2D eigenvalue weighted by atomic mass is 16.2. The summed E-state index contributed by atoms with van der Waals surface area (Å²) in [5, 5.41) is 0. The van der Waals surface area contributed by atoms with Gasteiger partial charge in [-0.3, -0.25) is 4.79 Å². The van der Waals surface area contributed by atoms with E-state index in [-0.39, 0.29) is 17.9 Å². The smallest absolute Gasteiger partial charge is 0.227 e. The first-order valence-electron chi connectivity index (χ1n) is 7.85. The maximum Gasteiger partial charge on any atom is 0.227 e. The SMILES string of the molecule is CC1CN(C)CCCN1C(=O)C(CN)Cc1ccccc1. The van der Waals surface area contributed by atoms with Gasteiger partial charge >= 0.3 is 0 Å². The number of likely N-dealkylation sites (N-methyl/N-ethyl adjacent to an activating group) is 1. The molecule has 2 N–H and O–H groups in total. The molecule has 1 aliphatic heterocycles. The monoisotopic (exact) mass is 289 g/mol. The van der Waals surface area contributed by atoms with Crippen molar-refractivity contribution in [3.05, 3.63) is 35.9 Å². The van der Waals surface area contributed by atoms with Crippen molar-refractivity contribution >= 4 is 5.91 Å². The molecular formula is C17H27N3O. The Kier molecular flexibility index (Phi) is 5.76. The summed E-state index contributed by atoms with van der Waals surface area (Å²) >= 11 is 0. The highest BCUT2D eigenvalue weighted by molar-refractivity contribution is 5.79. The lowest BCUT2D eigenvalue weighted by Gasteiger charge is -2.31. The van der Waals surface area contributed by atoms with Gasteiger partial charge in [0.05, 0.1) is 5.92 Å². The van der Waals surface area contributed by atoms with Crippen LogP contribution in [0.4, 0.5) is 0 Å². The number of benzene rings is 1. The molecule has 2 unspecified atom stereocenters. The summed E-state index contributed by atoms with van der Waals surface area (Å²) in [5.41, 5.74) is 7.06. The summed E-state index contributed by atoms with van der Waals surface area (Å²) in [7, 11) is 2.12. The van der Waals surface area contributed by atoms with Crippen LogP contribution in [0.15, 0.2) is 30.3 Å². The maximum absolute atomic E-state index is 12.8. The van der Waals surface area contributed by atoms with Gasteiger partial charge in [-0.25, -0.2) is 0 Å². The Hall–Kier alpha value is -1.39. The minimum atomic E-state index is -0.113. The number of amides is 1. The summed E-state index contributed by atoms with van der Waals surface area (Å²) in [6.45, 7) is 5.38. The highest BCUT2D eigenvalue weighted by Crippen LogP contribution is 2.16. The summed E-state index contributed by atoms with van der Waals surface area (Å²) in [6, 6.07) is 10.4.